The third-order valence-electron chi connectivity index (χ3n) is 4.41. The standard InChI is InChI=1S/C22H33N5/c1-16(2)14-20-12-11-18(10-7-13-25-26-21(23)24)27(20)19-9-6-8-17(15-19)22(3,4)5/h6,8-9,11-13,15-16H,7,10,14H2,1-5H3,(H4,23,24,26)/b25-13+. The number of nitrogens with two attached hydrogens (primary N) is 2. The average Bonchev–Trinajstić information content (AvgIpc) is 2.95. The highest BCUT2D eigenvalue weighted by Gasteiger charge is 2.16. The van der Waals surface area contributed by atoms with Gasteiger partial charge in [0.25, 0.3) is 0 Å². The van der Waals surface area contributed by atoms with Crippen molar-refractivity contribution >= 4 is 12.2 Å². The molecule has 1 heterocycles. The molecule has 2 aromatic rings. The van der Waals surface area contributed by atoms with Crippen molar-refractivity contribution in [2.75, 3.05) is 0 Å². The van der Waals surface area contributed by atoms with E-state index in [0.29, 0.717) is 5.92 Å². The van der Waals surface area contributed by atoms with E-state index in [2.05, 4.69) is 85.8 Å². The van der Waals surface area contributed by atoms with E-state index in [9.17, 15) is 0 Å². The van der Waals surface area contributed by atoms with E-state index in [0.717, 1.165) is 19.3 Å². The Balaban J connectivity index is 2.36. The van der Waals surface area contributed by atoms with Gasteiger partial charge in [0.15, 0.2) is 0 Å². The predicted molar refractivity (Wildman–Crippen MR) is 116 cm³/mol. The lowest BCUT2D eigenvalue weighted by Gasteiger charge is -2.22. The molecule has 1 aromatic carbocycles. The van der Waals surface area contributed by atoms with Crippen molar-refractivity contribution in [1.82, 2.24) is 4.57 Å². The van der Waals surface area contributed by atoms with E-state index in [1.807, 2.05) is 0 Å². The number of hydrogen-bond donors (Lipinski definition) is 2. The van der Waals surface area contributed by atoms with Crippen molar-refractivity contribution < 1.29 is 0 Å². The number of aromatic nitrogens is 1. The first-order valence-electron chi connectivity index (χ1n) is 9.59. The highest BCUT2D eigenvalue weighted by Crippen LogP contribution is 2.27. The van der Waals surface area contributed by atoms with Crippen LogP contribution in [-0.2, 0) is 18.3 Å². The lowest BCUT2D eigenvalue weighted by molar-refractivity contribution is 0.588. The van der Waals surface area contributed by atoms with Gasteiger partial charge in [-0.2, -0.15) is 5.10 Å². The smallest absolute Gasteiger partial charge is 0.211 e. The lowest BCUT2D eigenvalue weighted by Crippen LogP contribution is -2.21. The van der Waals surface area contributed by atoms with Crippen molar-refractivity contribution in [3.8, 4) is 5.69 Å². The minimum absolute atomic E-state index is 0.0205. The maximum absolute atomic E-state index is 5.29. The van der Waals surface area contributed by atoms with Crippen LogP contribution in [0.15, 0.2) is 46.6 Å². The summed E-state index contributed by atoms with van der Waals surface area (Å²) < 4.78 is 2.39. The molecule has 27 heavy (non-hydrogen) atoms. The van der Waals surface area contributed by atoms with Gasteiger partial charge >= 0.3 is 0 Å². The second kappa shape index (κ2) is 8.89. The molecule has 0 fully saturated rings. The first-order chi connectivity index (χ1) is 12.7. The Hall–Kier alpha value is -2.56. The van der Waals surface area contributed by atoms with Gasteiger partial charge in [-0.15, -0.1) is 5.10 Å². The fourth-order valence-corrected chi connectivity index (χ4v) is 3.12. The van der Waals surface area contributed by atoms with Crippen LogP contribution in [0.2, 0.25) is 0 Å². The second-order valence-corrected chi connectivity index (χ2v) is 8.41. The fourth-order valence-electron chi connectivity index (χ4n) is 3.12. The molecule has 2 rings (SSSR count). The molecule has 1 aromatic heterocycles. The Bertz CT molecular complexity index is 802. The van der Waals surface area contributed by atoms with Gasteiger partial charge in [0.05, 0.1) is 0 Å². The van der Waals surface area contributed by atoms with E-state index < -0.39 is 0 Å². The van der Waals surface area contributed by atoms with Gasteiger partial charge in [-0.05, 0) is 60.4 Å². The maximum Gasteiger partial charge on any atom is 0.211 e. The van der Waals surface area contributed by atoms with Gasteiger partial charge in [-0.25, -0.2) is 0 Å². The van der Waals surface area contributed by atoms with Crippen molar-refractivity contribution in [2.24, 2.45) is 27.6 Å². The van der Waals surface area contributed by atoms with E-state index in [4.69, 9.17) is 11.5 Å². The predicted octanol–water partition coefficient (Wildman–Crippen LogP) is 4.17. The van der Waals surface area contributed by atoms with Crippen molar-refractivity contribution in [3.05, 3.63) is 53.3 Å². The topological polar surface area (TPSA) is 81.7 Å². The molecule has 0 unspecified atom stereocenters. The van der Waals surface area contributed by atoms with Gasteiger partial charge in [-0.1, -0.05) is 46.8 Å². The molecule has 0 amide bonds. The number of benzene rings is 1. The molecule has 0 bridgehead atoms. The monoisotopic (exact) mass is 367 g/mol. The molecule has 0 atom stereocenters. The third kappa shape index (κ3) is 5.98. The highest BCUT2D eigenvalue weighted by molar-refractivity contribution is 5.76. The third-order valence-corrected chi connectivity index (χ3v) is 4.41. The van der Waals surface area contributed by atoms with Crippen LogP contribution in [0.4, 0.5) is 0 Å². The Morgan fingerprint density at radius 1 is 1.11 bits per heavy atom. The summed E-state index contributed by atoms with van der Waals surface area (Å²) in [5.74, 6) is 0.577. The summed E-state index contributed by atoms with van der Waals surface area (Å²) in [5.41, 5.74) is 15.9. The van der Waals surface area contributed by atoms with E-state index in [-0.39, 0.29) is 11.4 Å². The number of rotatable bonds is 7. The molecule has 0 aliphatic carbocycles. The van der Waals surface area contributed by atoms with Gasteiger partial charge in [0, 0.05) is 23.3 Å². The van der Waals surface area contributed by atoms with Gasteiger partial charge in [0.1, 0.15) is 0 Å². The first-order valence-corrected chi connectivity index (χ1v) is 9.59. The summed E-state index contributed by atoms with van der Waals surface area (Å²) in [6.45, 7) is 11.3. The first kappa shape index (κ1) is 20.7. The summed E-state index contributed by atoms with van der Waals surface area (Å²) in [5, 5.41) is 7.55. The number of hydrogen-bond acceptors (Lipinski definition) is 2. The van der Waals surface area contributed by atoms with Crippen molar-refractivity contribution in [1.29, 1.82) is 0 Å². The van der Waals surface area contributed by atoms with Crippen LogP contribution < -0.4 is 11.5 Å². The lowest BCUT2D eigenvalue weighted by atomic mass is 9.87. The highest BCUT2D eigenvalue weighted by atomic mass is 15.3. The van der Waals surface area contributed by atoms with Crippen LogP contribution in [0.1, 0.15) is 58.0 Å². The van der Waals surface area contributed by atoms with Crippen LogP contribution in [0.3, 0.4) is 0 Å². The molecule has 0 saturated heterocycles. The molecule has 146 valence electrons. The SMILES string of the molecule is CC(C)Cc1ccc(CC/C=N/N=C(N)N)n1-c1cccc(C(C)(C)C)c1. The van der Waals surface area contributed by atoms with Crippen LogP contribution in [0.5, 0.6) is 0 Å². The molecule has 0 saturated carbocycles. The van der Waals surface area contributed by atoms with Crippen molar-refractivity contribution in [2.45, 2.75) is 59.3 Å². The molecule has 0 aliphatic heterocycles. The largest absolute Gasteiger partial charge is 0.369 e. The van der Waals surface area contributed by atoms with E-state index in [1.54, 1.807) is 6.21 Å². The zero-order valence-electron chi connectivity index (χ0n) is 17.2. The molecular weight excluding hydrogens is 334 g/mol. The summed E-state index contributed by atoms with van der Waals surface area (Å²) in [7, 11) is 0. The maximum atomic E-state index is 5.29. The molecule has 5 nitrogen and oxygen atoms in total. The van der Waals surface area contributed by atoms with Crippen LogP contribution in [0.25, 0.3) is 5.69 Å². The molecular formula is C22H33N5. The van der Waals surface area contributed by atoms with Gasteiger partial charge in [-0.3, -0.25) is 0 Å². The van der Waals surface area contributed by atoms with Gasteiger partial charge in [0.2, 0.25) is 5.96 Å². The zero-order chi connectivity index (χ0) is 20.0. The quantitative estimate of drug-likeness (QED) is 0.437. The van der Waals surface area contributed by atoms with E-state index in [1.165, 1.54) is 22.6 Å². The Kier molecular flexibility index (Phi) is 6.83. The molecule has 0 radical (unpaired) electrons. The minimum Gasteiger partial charge on any atom is -0.369 e. The number of aryl methyl sites for hydroxylation is 1. The zero-order valence-corrected chi connectivity index (χ0v) is 17.2. The summed E-state index contributed by atoms with van der Waals surface area (Å²) in [4.78, 5) is 0. The van der Waals surface area contributed by atoms with E-state index >= 15 is 0 Å². The van der Waals surface area contributed by atoms with Crippen molar-refractivity contribution in [3.63, 3.8) is 0 Å². The molecule has 4 N–H and O–H groups in total. The summed E-state index contributed by atoms with van der Waals surface area (Å²) >= 11 is 0. The molecule has 0 spiro atoms. The fraction of sp³-hybridized carbons (Fsp3) is 0.455. The van der Waals surface area contributed by atoms with Crippen LogP contribution in [-0.4, -0.2) is 16.7 Å². The molecule has 5 heteroatoms. The number of nitrogens with zero attached hydrogens (tertiary/aromatic N) is 3. The Labute approximate surface area is 163 Å². The van der Waals surface area contributed by atoms with Crippen LogP contribution in [0, 0.1) is 5.92 Å². The average molecular weight is 368 g/mol. The van der Waals surface area contributed by atoms with Crippen LogP contribution >= 0.6 is 0 Å². The normalized spacial score (nSPS) is 12.1. The Morgan fingerprint density at radius 3 is 2.44 bits per heavy atom. The van der Waals surface area contributed by atoms with Gasteiger partial charge < -0.3 is 16.0 Å². The number of guanidine groups is 1. The minimum atomic E-state index is -0.0205. The second-order valence-electron chi connectivity index (χ2n) is 8.41. The summed E-state index contributed by atoms with van der Waals surface area (Å²) in [6.07, 6.45) is 4.45. The Morgan fingerprint density at radius 2 is 1.81 bits per heavy atom. The molecule has 0 aliphatic rings. The summed E-state index contributed by atoms with van der Waals surface area (Å²) in [6, 6.07) is 13.3.